The van der Waals surface area contributed by atoms with Crippen molar-refractivity contribution in [3.05, 3.63) is 41.0 Å². The Morgan fingerprint density at radius 2 is 1.19 bits per heavy atom. The van der Waals surface area contributed by atoms with Gasteiger partial charge in [-0.3, -0.25) is 27.0 Å². The van der Waals surface area contributed by atoms with Crippen molar-refractivity contribution >= 4 is 41.1 Å². The van der Waals surface area contributed by atoms with Gasteiger partial charge in [0.2, 0.25) is 5.78 Å². The van der Waals surface area contributed by atoms with Crippen LogP contribution in [0.5, 0.6) is 5.75 Å². The van der Waals surface area contributed by atoms with Gasteiger partial charge in [-0.2, -0.15) is 0 Å². The van der Waals surface area contributed by atoms with E-state index in [2.05, 4.69) is 4.99 Å². The average Bonchev–Trinajstić information content (AvgIpc) is 2.77. The van der Waals surface area contributed by atoms with Gasteiger partial charge in [0.05, 0.1) is 7.11 Å². The number of rotatable bonds is 3. The first-order chi connectivity index (χ1) is 16.7. The number of ketones is 1. The molecule has 0 unspecified atom stereocenters. The van der Waals surface area contributed by atoms with Crippen LogP contribution in [0.15, 0.2) is 40.4 Å². The summed E-state index contributed by atoms with van der Waals surface area (Å²) in [7, 11) is -9.04. The second kappa shape index (κ2) is 20.9. The third kappa shape index (κ3) is 20.0. The number of dihydropyridines is 1. The number of methoxy groups -OCH3 is 1. The molecule has 1 aromatic carbocycles. The summed E-state index contributed by atoms with van der Waals surface area (Å²) in [4.78, 5) is 17.2. The first-order valence-corrected chi connectivity index (χ1v) is 10.2. The van der Waals surface area contributed by atoms with E-state index >= 15 is 0 Å². The molecule has 0 saturated heterocycles. The van der Waals surface area contributed by atoms with Gasteiger partial charge in [0.25, 0.3) is 0 Å². The summed E-state index contributed by atoms with van der Waals surface area (Å²) in [5, 5.41) is 55.6. The maximum Gasteiger partial charge on any atom is 0.674 e. The fourth-order valence-corrected chi connectivity index (χ4v) is 3.02. The minimum atomic E-state index is -2.67. The van der Waals surface area contributed by atoms with Crippen LogP contribution in [0.4, 0.5) is 17.3 Å². The van der Waals surface area contributed by atoms with Gasteiger partial charge in [-0.1, -0.05) is 5.57 Å². The highest BCUT2D eigenvalue weighted by Gasteiger charge is 2.25. The lowest BCUT2D eigenvalue weighted by molar-refractivity contribution is 0.106. The highest BCUT2D eigenvalue weighted by Crippen LogP contribution is 2.31. The number of benzene rings is 1. The zero-order chi connectivity index (χ0) is 28.3. The molecule has 0 saturated carbocycles. The van der Waals surface area contributed by atoms with Crippen molar-refractivity contribution in [3.8, 4) is 5.75 Å². The molecule has 2 aliphatic rings. The molecule has 0 atom stereocenters. The molecule has 36 heavy (non-hydrogen) atoms. The maximum absolute atomic E-state index is 12.6. The van der Waals surface area contributed by atoms with E-state index in [9.17, 15) is 22.1 Å². The number of ether oxygens (including phenoxy) is 1. The van der Waals surface area contributed by atoms with Crippen molar-refractivity contribution in [2.24, 2.45) is 4.99 Å². The zero-order valence-corrected chi connectivity index (χ0v) is 19.2. The van der Waals surface area contributed by atoms with Gasteiger partial charge in [0.15, 0.2) is 0 Å². The molecule has 200 valence electrons. The Labute approximate surface area is 206 Å². The molecule has 11 nitrogen and oxygen atoms in total. The van der Waals surface area contributed by atoms with E-state index in [-0.39, 0.29) is 5.78 Å². The van der Waals surface area contributed by atoms with Crippen LogP contribution in [-0.4, -0.2) is 94.9 Å². The Morgan fingerprint density at radius 1 is 0.778 bits per heavy atom. The van der Waals surface area contributed by atoms with Crippen LogP contribution in [0.1, 0.15) is 42.5 Å². The first kappa shape index (κ1) is 35.9. The lowest BCUT2D eigenvalue weighted by Crippen LogP contribution is -2.24. The van der Waals surface area contributed by atoms with E-state index in [0.717, 1.165) is 31.6 Å². The van der Waals surface area contributed by atoms with E-state index in [0.29, 0.717) is 11.3 Å². The topological polar surface area (TPSA) is 200 Å². The van der Waals surface area contributed by atoms with E-state index in [1.807, 2.05) is 24.3 Å². The van der Waals surface area contributed by atoms with E-state index in [4.69, 9.17) is 44.9 Å². The molecule has 0 radical (unpaired) electrons. The largest absolute Gasteiger partial charge is 0.674 e. The number of hydrogen-bond acceptors (Lipinski definition) is 11. The number of allylic oxidation sites excluding steroid dienone is 1. The molecule has 1 heterocycles. The van der Waals surface area contributed by atoms with Gasteiger partial charge in [0, 0.05) is 12.1 Å². The summed E-state index contributed by atoms with van der Waals surface area (Å²) >= 11 is 0. The molecule has 0 spiro atoms. The van der Waals surface area contributed by atoms with Crippen LogP contribution < -0.4 is 4.74 Å². The second-order valence-electron chi connectivity index (χ2n) is 6.57. The monoisotopic (exact) mass is 525 g/mol. The second-order valence-corrected chi connectivity index (χ2v) is 6.57. The molecular weight excluding hydrogens is 497 g/mol. The number of halogens is 4. The lowest BCUT2D eigenvalue weighted by atomic mass is 9.83. The van der Waals surface area contributed by atoms with Crippen molar-refractivity contribution in [2.45, 2.75) is 32.1 Å². The fourth-order valence-electron chi connectivity index (χ4n) is 3.02. The number of carbonyl (C=O) groups excluding carboxylic acids is 1. The lowest BCUT2D eigenvalue weighted by Gasteiger charge is -2.24. The van der Waals surface area contributed by atoms with E-state index in [1.54, 1.807) is 7.11 Å². The van der Waals surface area contributed by atoms with Crippen LogP contribution in [0, 0.1) is 0 Å². The Bertz CT molecular complexity index is 767. The number of carbonyl (C=O) groups is 1. The number of nitrogens with zero attached hydrogens (tertiary/aromatic N) is 1. The van der Waals surface area contributed by atoms with Gasteiger partial charge < -0.3 is 44.9 Å². The van der Waals surface area contributed by atoms with Crippen molar-refractivity contribution in [3.63, 3.8) is 0 Å². The van der Waals surface area contributed by atoms with E-state index < -0.39 is 29.6 Å². The average molecular weight is 525 g/mol. The Morgan fingerprint density at radius 3 is 1.61 bits per heavy atom. The van der Waals surface area contributed by atoms with Crippen molar-refractivity contribution < 1.29 is 67.0 Å². The normalized spacial score (nSPS) is 13.2. The highest BCUT2D eigenvalue weighted by molar-refractivity contribution is 6.51. The molecule has 8 N–H and O–H groups in total. The molecule has 0 bridgehead atoms. The Kier molecular flexibility index (Phi) is 20.9. The minimum Gasteiger partial charge on any atom is -0.497 e. The van der Waals surface area contributed by atoms with Gasteiger partial charge in [-0.15, -0.1) is 0 Å². The number of hydrogen-bond donors (Lipinski definition) is 8. The standard InChI is InChI=1S/C17H19NO2.4BFH2O2/c1-20-14-8-6-13(7-9-14)17(19)16-15-5-3-2-4-12(15)10-11-18-16;4*2-1(3)4/h6-9H,2-5,10-11H2,1H3;4*3-4H. The summed E-state index contributed by atoms with van der Waals surface area (Å²) < 4.78 is 45.6. The first-order valence-electron chi connectivity index (χ1n) is 10.2. The Hall–Kier alpha value is -2.24. The van der Waals surface area contributed by atoms with Crippen molar-refractivity contribution in [1.82, 2.24) is 0 Å². The molecule has 19 heteroatoms. The third-order valence-electron chi connectivity index (χ3n) is 4.12. The fraction of sp³-hybridized carbons (Fsp3) is 0.412. The summed E-state index contributed by atoms with van der Waals surface area (Å²) in [6.45, 7) is 0.760. The molecule has 1 aliphatic heterocycles. The number of Topliss-reactive ketones (excluding diaryl/α,β-unsaturated/α-hetero) is 1. The predicted octanol–water partition coefficient (Wildman–Crippen LogP) is -0.705. The summed E-state index contributed by atoms with van der Waals surface area (Å²) in [6, 6.07) is 7.29. The van der Waals surface area contributed by atoms with Crippen molar-refractivity contribution in [2.75, 3.05) is 13.7 Å². The smallest absolute Gasteiger partial charge is 0.497 e. The molecular formula is C17H27B4F4NO10. The van der Waals surface area contributed by atoms with E-state index in [1.165, 1.54) is 24.0 Å². The summed E-state index contributed by atoms with van der Waals surface area (Å²) in [6.07, 6.45) is 5.62. The molecule has 0 amide bonds. The van der Waals surface area contributed by atoms with Gasteiger partial charge in [0.1, 0.15) is 11.5 Å². The van der Waals surface area contributed by atoms with Crippen LogP contribution >= 0.6 is 0 Å². The maximum atomic E-state index is 12.6. The van der Waals surface area contributed by atoms with Crippen LogP contribution in [-0.2, 0) is 0 Å². The van der Waals surface area contributed by atoms with Crippen LogP contribution in [0.25, 0.3) is 0 Å². The third-order valence-corrected chi connectivity index (χ3v) is 4.12. The minimum absolute atomic E-state index is 0.0572. The molecule has 1 aromatic rings. The zero-order valence-electron chi connectivity index (χ0n) is 19.2. The molecule has 3 rings (SSSR count). The SMILES string of the molecule is COc1ccc(C(=O)C2=NCCC3=C2CCCC3)cc1.OB(O)F.OB(O)F.OB(O)F.OB(O)F. The summed E-state index contributed by atoms with van der Waals surface area (Å²) in [5.41, 5.74) is 4.09. The van der Waals surface area contributed by atoms with Gasteiger partial charge in [-0.05, 0) is 61.9 Å². The van der Waals surface area contributed by atoms with Crippen LogP contribution in [0.2, 0.25) is 0 Å². The number of aliphatic imine (C=N–C) groups is 1. The molecule has 0 fully saturated rings. The van der Waals surface area contributed by atoms with Crippen LogP contribution in [0.3, 0.4) is 0 Å². The molecule has 1 aliphatic carbocycles. The highest BCUT2D eigenvalue weighted by atomic mass is 19.1. The van der Waals surface area contributed by atoms with Gasteiger partial charge >= 0.3 is 29.6 Å². The predicted molar refractivity (Wildman–Crippen MR) is 125 cm³/mol. The molecule has 0 aromatic heterocycles. The summed E-state index contributed by atoms with van der Waals surface area (Å²) in [5.74, 6) is 0.825. The van der Waals surface area contributed by atoms with Crippen molar-refractivity contribution in [1.29, 1.82) is 0 Å². The quantitative estimate of drug-likeness (QED) is 0.142. The Balaban J connectivity index is 0. The van der Waals surface area contributed by atoms with Gasteiger partial charge in [-0.25, -0.2) is 0 Å².